The topological polar surface area (TPSA) is 232 Å². The van der Waals surface area contributed by atoms with Crippen LogP contribution in [0.4, 0.5) is 0 Å². The van der Waals surface area contributed by atoms with Crippen LogP contribution in [0.15, 0.2) is 12.2 Å². The maximum Gasteiger partial charge on any atom is 0.328 e. The Morgan fingerprint density at radius 2 is 0.848 bits per heavy atom. The van der Waals surface area contributed by atoms with Gasteiger partial charge in [-0.25, -0.2) is 9.59 Å². The number of hydrogen-bond acceptors (Lipinski definition) is 12. The molecule has 0 aromatic carbocycles. The van der Waals surface area contributed by atoms with Crippen molar-refractivity contribution in [3.05, 3.63) is 12.2 Å². The van der Waals surface area contributed by atoms with Crippen molar-refractivity contribution in [2.24, 2.45) is 46.0 Å². The number of rotatable bonds is 10. The first kappa shape index (κ1) is 42.5. The van der Waals surface area contributed by atoms with E-state index in [0.29, 0.717) is 37.1 Å². The van der Waals surface area contributed by atoms with Gasteiger partial charge in [0, 0.05) is 12.2 Å². The summed E-state index contributed by atoms with van der Waals surface area (Å²) in [6, 6.07) is 0. The summed E-state index contributed by atoms with van der Waals surface area (Å²) in [5.41, 5.74) is 10.1. The summed E-state index contributed by atoms with van der Waals surface area (Å²) in [6.07, 6.45) is 8.25. The van der Waals surface area contributed by atoms with E-state index in [0.717, 1.165) is 51.4 Å². The molecule has 0 bridgehead atoms. The average Bonchev–Trinajstić information content (AvgIpc) is 2.99. The van der Waals surface area contributed by atoms with E-state index in [9.17, 15) is 28.8 Å². The van der Waals surface area contributed by atoms with Gasteiger partial charge in [-0.3, -0.25) is 19.2 Å². The van der Waals surface area contributed by atoms with Crippen LogP contribution >= 0.6 is 0 Å². The molecule has 0 spiro atoms. The van der Waals surface area contributed by atoms with Gasteiger partial charge in [-0.05, 0) is 118 Å². The SMILES string of the molecule is CC(C)(C)C(=O)OCOC(=O)C1CCC(CN)CC1.CC(C)(C)C(=O)OCOC(=O)C1CCC(CN)CC1.O=C(O)/C=C/C(=O)O. The summed E-state index contributed by atoms with van der Waals surface area (Å²) >= 11 is 0. The molecule has 46 heavy (non-hydrogen) atoms. The Labute approximate surface area is 271 Å². The third-order valence-electron chi connectivity index (χ3n) is 7.40. The number of hydrogen-bond donors (Lipinski definition) is 4. The van der Waals surface area contributed by atoms with Gasteiger partial charge in [-0.2, -0.15) is 0 Å². The van der Waals surface area contributed by atoms with Gasteiger partial charge < -0.3 is 40.6 Å². The van der Waals surface area contributed by atoms with E-state index in [-0.39, 0.29) is 49.3 Å². The molecule has 0 heterocycles. The number of carbonyl (C=O) groups is 6. The molecule has 14 heteroatoms. The van der Waals surface area contributed by atoms with Gasteiger partial charge in [0.1, 0.15) is 0 Å². The third-order valence-corrected chi connectivity index (χ3v) is 7.40. The molecule has 2 fully saturated rings. The maximum absolute atomic E-state index is 11.8. The van der Waals surface area contributed by atoms with Crippen LogP contribution in [0.5, 0.6) is 0 Å². The number of ether oxygens (including phenoxy) is 4. The predicted molar refractivity (Wildman–Crippen MR) is 166 cm³/mol. The minimum atomic E-state index is -1.26. The fourth-order valence-corrected chi connectivity index (χ4v) is 4.36. The van der Waals surface area contributed by atoms with Crippen molar-refractivity contribution in [2.75, 3.05) is 26.7 Å². The van der Waals surface area contributed by atoms with E-state index >= 15 is 0 Å². The zero-order valence-corrected chi connectivity index (χ0v) is 28.1. The van der Waals surface area contributed by atoms with Crippen LogP contribution in [0.25, 0.3) is 0 Å². The fraction of sp³-hybridized carbons (Fsp3) is 0.750. The standard InChI is InChI=1S/2C14H25NO4.C4H4O4/c2*1-14(2,3)13(17)19-9-18-12(16)11-6-4-10(8-15)5-7-11;5-3(6)1-2-4(7)8/h2*10-11H,4-9,15H2,1-3H3;1-2H,(H,5,6)(H,7,8)/b;;2-1+. The van der Waals surface area contributed by atoms with E-state index in [1.54, 1.807) is 41.5 Å². The van der Waals surface area contributed by atoms with Crippen molar-refractivity contribution < 1.29 is 57.9 Å². The molecule has 0 radical (unpaired) electrons. The highest BCUT2D eigenvalue weighted by atomic mass is 16.7. The highest BCUT2D eigenvalue weighted by Crippen LogP contribution is 2.30. The number of nitrogens with two attached hydrogens (primary N) is 2. The van der Waals surface area contributed by atoms with Crippen molar-refractivity contribution in [1.29, 1.82) is 0 Å². The summed E-state index contributed by atoms with van der Waals surface area (Å²) in [4.78, 5) is 65.6. The Hall–Kier alpha value is -3.52. The van der Waals surface area contributed by atoms with Crippen LogP contribution in [-0.4, -0.2) is 72.7 Å². The number of carboxylic acid groups (broad SMARTS) is 2. The second kappa shape index (κ2) is 21.3. The molecule has 14 nitrogen and oxygen atoms in total. The molecule has 2 aliphatic rings. The predicted octanol–water partition coefficient (Wildman–Crippen LogP) is 3.39. The molecule has 0 saturated heterocycles. The Kier molecular flexibility index (Phi) is 19.7. The lowest BCUT2D eigenvalue weighted by Gasteiger charge is -2.26. The van der Waals surface area contributed by atoms with Crippen molar-refractivity contribution in [3.8, 4) is 0 Å². The van der Waals surface area contributed by atoms with Crippen molar-refractivity contribution in [1.82, 2.24) is 0 Å². The Morgan fingerprint density at radius 1 is 0.565 bits per heavy atom. The summed E-state index contributed by atoms with van der Waals surface area (Å²) < 4.78 is 19.8. The second-order valence-corrected chi connectivity index (χ2v) is 13.4. The summed E-state index contributed by atoms with van der Waals surface area (Å²) in [5, 5.41) is 15.6. The monoisotopic (exact) mass is 658 g/mol. The Bertz CT molecular complexity index is 933. The lowest BCUT2D eigenvalue weighted by atomic mass is 9.82. The minimum Gasteiger partial charge on any atom is -0.478 e. The van der Waals surface area contributed by atoms with Crippen LogP contribution in [0.2, 0.25) is 0 Å². The Balaban J connectivity index is 0.000000716. The summed E-state index contributed by atoms with van der Waals surface area (Å²) in [5.74, 6) is -2.87. The van der Waals surface area contributed by atoms with Gasteiger partial charge in [-0.1, -0.05) is 0 Å². The van der Waals surface area contributed by atoms with Gasteiger partial charge in [0.05, 0.1) is 22.7 Å². The van der Waals surface area contributed by atoms with Gasteiger partial charge >= 0.3 is 35.8 Å². The van der Waals surface area contributed by atoms with Crippen molar-refractivity contribution in [3.63, 3.8) is 0 Å². The van der Waals surface area contributed by atoms with Gasteiger partial charge in [0.25, 0.3) is 0 Å². The summed E-state index contributed by atoms with van der Waals surface area (Å²) in [7, 11) is 0. The quantitative estimate of drug-likeness (QED) is 0.150. The lowest BCUT2D eigenvalue weighted by Crippen LogP contribution is -2.29. The molecule has 0 atom stereocenters. The number of esters is 4. The highest BCUT2D eigenvalue weighted by Gasteiger charge is 2.29. The van der Waals surface area contributed by atoms with Crippen LogP contribution in [0.1, 0.15) is 92.9 Å². The van der Waals surface area contributed by atoms with E-state index in [1.807, 2.05) is 0 Å². The largest absolute Gasteiger partial charge is 0.478 e. The number of carboxylic acids is 2. The maximum atomic E-state index is 11.8. The lowest BCUT2D eigenvalue weighted by molar-refractivity contribution is -0.177. The zero-order valence-electron chi connectivity index (χ0n) is 28.1. The minimum absolute atomic E-state index is 0.0730. The second-order valence-electron chi connectivity index (χ2n) is 13.4. The average molecular weight is 659 g/mol. The first-order valence-electron chi connectivity index (χ1n) is 15.5. The molecule has 264 valence electrons. The molecular weight excluding hydrogens is 604 g/mol. The molecule has 0 unspecified atom stereocenters. The van der Waals surface area contributed by atoms with Crippen molar-refractivity contribution in [2.45, 2.75) is 92.9 Å². The molecular formula is C32H54N2O12. The zero-order chi connectivity index (χ0) is 35.5. The molecule has 2 saturated carbocycles. The van der Waals surface area contributed by atoms with Crippen LogP contribution in [-0.2, 0) is 47.7 Å². The molecule has 0 aromatic rings. The molecule has 2 aliphatic carbocycles. The molecule has 6 N–H and O–H groups in total. The number of carbonyl (C=O) groups excluding carboxylic acids is 4. The molecule has 0 amide bonds. The van der Waals surface area contributed by atoms with Gasteiger partial charge in [0.2, 0.25) is 13.6 Å². The smallest absolute Gasteiger partial charge is 0.328 e. The van der Waals surface area contributed by atoms with Crippen LogP contribution in [0, 0.1) is 34.5 Å². The van der Waals surface area contributed by atoms with E-state index in [1.165, 1.54) is 0 Å². The van der Waals surface area contributed by atoms with E-state index in [4.69, 9.17) is 40.6 Å². The third kappa shape index (κ3) is 19.1. The highest BCUT2D eigenvalue weighted by molar-refractivity contribution is 5.89. The van der Waals surface area contributed by atoms with Crippen molar-refractivity contribution >= 4 is 35.8 Å². The van der Waals surface area contributed by atoms with Crippen LogP contribution in [0.3, 0.4) is 0 Å². The fourth-order valence-electron chi connectivity index (χ4n) is 4.36. The molecule has 0 aromatic heterocycles. The van der Waals surface area contributed by atoms with Gasteiger partial charge in [-0.15, -0.1) is 0 Å². The Morgan fingerprint density at radius 3 is 1.07 bits per heavy atom. The first-order valence-corrected chi connectivity index (χ1v) is 15.5. The van der Waals surface area contributed by atoms with Crippen LogP contribution < -0.4 is 11.5 Å². The number of aliphatic carboxylic acids is 2. The first-order chi connectivity index (χ1) is 21.3. The molecule has 2 rings (SSSR count). The normalized spacial score (nSPS) is 21.3. The van der Waals surface area contributed by atoms with E-state index in [2.05, 4.69) is 0 Å². The van der Waals surface area contributed by atoms with Gasteiger partial charge in [0.15, 0.2) is 0 Å². The molecule has 0 aliphatic heterocycles. The van der Waals surface area contributed by atoms with E-state index < -0.39 is 22.8 Å². The summed E-state index contributed by atoms with van der Waals surface area (Å²) in [6.45, 7) is 11.3.